The van der Waals surface area contributed by atoms with Crippen LogP contribution in [0.4, 0.5) is 5.69 Å². The van der Waals surface area contributed by atoms with Gasteiger partial charge in [0.2, 0.25) is 5.91 Å². The zero-order valence-electron chi connectivity index (χ0n) is 15.6. The van der Waals surface area contributed by atoms with Gasteiger partial charge in [-0.15, -0.1) is 0 Å². The van der Waals surface area contributed by atoms with E-state index in [0.717, 1.165) is 19.6 Å². The van der Waals surface area contributed by atoms with Crippen molar-refractivity contribution in [2.24, 2.45) is 11.8 Å². The van der Waals surface area contributed by atoms with Crippen molar-refractivity contribution in [3.05, 3.63) is 41.6 Å². The van der Waals surface area contributed by atoms with E-state index < -0.39 is 0 Å². The van der Waals surface area contributed by atoms with Gasteiger partial charge in [0.25, 0.3) is 0 Å². The van der Waals surface area contributed by atoms with Gasteiger partial charge in [-0.3, -0.25) is 4.79 Å². The molecule has 1 saturated carbocycles. The van der Waals surface area contributed by atoms with Crippen molar-refractivity contribution in [1.29, 1.82) is 0 Å². The van der Waals surface area contributed by atoms with Crippen molar-refractivity contribution in [3.63, 3.8) is 0 Å². The summed E-state index contributed by atoms with van der Waals surface area (Å²) in [5.41, 5.74) is 4.32. The van der Waals surface area contributed by atoms with E-state index in [2.05, 4.69) is 62.9 Å². The molecule has 0 radical (unpaired) electrons. The topological polar surface area (TPSA) is 32.8 Å². The van der Waals surface area contributed by atoms with Crippen LogP contribution in [0.2, 0.25) is 0 Å². The number of nitrogens with zero attached hydrogens (tertiary/aromatic N) is 2. The molecule has 6 aliphatic rings. The van der Waals surface area contributed by atoms with Gasteiger partial charge in [-0.25, -0.2) is 0 Å². The third-order valence-electron chi connectivity index (χ3n) is 8.16. The maximum atomic E-state index is 13.2. The minimum Gasteiger partial charge on any atom is -0.377 e. The number of anilines is 1. The maximum Gasteiger partial charge on any atom is 0.229 e. The van der Waals surface area contributed by atoms with E-state index in [0.29, 0.717) is 30.3 Å². The summed E-state index contributed by atoms with van der Waals surface area (Å²) in [6.45, 7) is 1.91. The lowest BCUT2D eigenvalue weighted by Gasteiger charge is -2.57. The first-order valence-corrected chi connectivity index (χ1v) is 12.3. The number of halogens is 1. The van der Waals surface area contributed by atoms with Crippen LogP contribution in [0, 0.1) is 11.8 Å². The van der Waals surface area contributed by atoms with Crippen molar-refractivity contribution in [3.8, 4) is 0 Å². The molecular formula is C22H25IN2O2. The Labute approximate surface area is 174 Å². The number of hydrogen-bond acceptors (Lipinski definition) is 3. The number of fused-ring (bicyclic) bond motifs is 2. The highest BCUT2D eigenvalue weighted by molar-refractivity contribution is 14.1. The molecule has 3 saturated heterocycles. The van der Waals surface area contributed by atoms with Gasteiger partial charge in [-0.2, -0.15) is 0 Å². The van der Waals surface area contributed by atoms with Crippen LogP contribution < -0.4 is 4.90 Å². The monoisotopic (exact) mass is 476 g/mol. The fraction of sp³-hybridized carbons (Fsp3) is 0.591. The summed E-state index contributed by atoms with van der Waals surface area (Å²) >= 11 is 2.15. The van der Waals surface area contributed by atoms with Crippen molar-refractivity contribution in [1.82, 2.24) is 4.90 Å². The predicted molar refractivity (Wildman–Crippen MR) is 113 cm³/mol. The summed E-state index contributed by atoms with van der Waals surface area (Å²) in [5.74, 6) is 1.35. The highest BCUT2D eigenvalue weighted by atomic mass is 127. The van der Waals surface area contributed by atoms with Crippen LogP contribution in [0.15, 0.2) is 36.0 Å². The molecule has 3 unspecified atom stereocenters. The van der Waals surface area contributed by atoms with Gasteiger partial charge in [0, 0.05) is 29.6 Å². The van der Waals surface area contributed by atoms with E-state index >= 15 is 0 Å². The molecule has 1 aromatic rings. The third kappa shape index (κ3) is 1.86. The van der Waals surface area contributed by atoms with Crippen LogP contribution >= 0.6 is 22.6 Å². The van der Waals surface area contributed by atoms with Crippen molar-refractivity contribution in [2.45, 2.75) is 49.3 Å². The molecule has 5 heterocycles. The number of carbonyl (C=O) groups is 1. The zero-order chi connectivity index (χ0) is 18.3. The van der Waals surface area contributed by atoms with Crippen LogP contribution in [-0.2, 0) is 14.9 Å². The molecule has 5 aliphatic heterocycles. The molecule has 2 bridgehead atoms. The molecular weight excluding hydrogens is 451 g/mol. The van der Waals surface area contributed by atoms with Crippen LogP contribution in [0.1, 0.15) is 31.2 Å². The molecule has 4 fully saturated rings. The number of piperidine rings is 1. The lowest BCUT2D eigenvalue weighted by Crippen LogP contribution is -2.68. The normalized spacial score (nSPS) is 42.1. The summed E-state index contributed by atoms with van der Waals surface area (Å²) in [4.78, 5) is 20.0. The minimum atomic E-state index is 0.113. The highest BCUT2D eigenvalue weighted by Crippen LogP contribution is 2.65. The first kappa shape index (κ1) is 16.8. The Hall–Kier alpha value is -1.08. The Morgan fingerprint density at radius 3 is 3.00 bits per heavy atom. The Kier molecular flexibility index (Phi) is 3.57. The van der Waals surface area contributed by atoms with Gasteiger partial charge in [-0.05, 0) is 53.5 Å². The zero-order valence-corrected chi connectivity index (χ0v) is 17.8. The van der Waals surface area contributed by atoms with Crippen LogP contribution in [0.3, 0.4) is 0 Å². The molecule has 1 aromatic carbocycles. The standard InChI is InChI=1S/C21H22N2O2.CH3I/c24-18-10-16-19-13-9-17-21(6-7-22(17)11-12(13)5-8-25-16)14-3-1-2-4-15(14)23(18)20(19)21;1-2/h1-4,11,13,16-17,19-20H,5-10H2;1H3/t13-,16?,17-,19-,20?,21?;/m0./s1. The number of benzene rings is 1. The average molecular weight is 476 g/mol. The Bertz CT molecular complexity index is 854. The molecule has 0 aromatic heterocycles. The quantitative estimate of drug-likeness (QED) is 0.425. The van der Waals surface area contributed by atoms with Gasteiger partial charge in [0.05, 0.1) is 25.2 Å². The second-order valence-electron chi connectivity index (χ2n) is 8.76. The van der Waals surface area contributed by atoms with Crippen LogP contribution in [0.25, 0.3) is 0 Å². The molecule has 7 rings (SSSR count). The molecule has 1 spiro atoms. The van der Waals surface area contributed by atoms with Gasteiger partial charge < -0.3 is 14.5 Å². The SMILES string of the molecule is CI.O=C1CC2OCCC3=CN4CCC56c7ccccc7N1C5[C@H]2[C@H]3C[C@H]46. The average Bonchev–Trinajstić information content (AvgIpc) is 3.17. The number of amides is 1. The van der Waals surface area contributed by atoms with E-state index in [1.54, 1.807) is 5.57 Å². The number of hydrogen-bond donors (Lipinski definition) is 0. The number of carbonyl (C=O) groups excluding carboxylic acids is 1. The van der Waals surface area contributed by atoms with Gasteiger partial charge in [0.15, 0.2) is 0 Å². The number of alkyl halides is 1. The lowest BCUT2D eigenvalue weighted by molar-refractivity contribution is -0.131. The van der Waals surface area contributed by atoms with Crippen molar-refractivity contribution in [2.75, 3.05) is 23.0 Å². The van der Waals surface area contributed by atoms with E-state index in [1.165, 1.54) is 24.1 Å². The summed E-state index contributed by atoms with van der Waals surface area (Å²) < 4.78 is 6.29. The van der Waals surface area contributed by atoms with E-state index in [9.17, 15) is 4.79 Å². The second-order valence-corrected chi connectivity index (χ2v) is 8.76. The van der Waals surface area contributed by atoms with Gasteiger partial charge in [-0.1, -0.05) is 40.8 Å². The highest BCUT2D eigenvalue weighted by Gasteiger charge is 2.70. The van der Waals surface area contributed by atoms with Crippen LogP contribution in [0.5, 0.6) is 0 Å². The molecule has 1 amide bonds. The molecule has 142 valence electrons. The molecule has 0 N–H and O–H groups in total. The fourth-order valence-corrected chi connectivity index (χ4v) is 7.46. The molecule has 6 atom stereocenters. The summed E-state index contributed by atoms with van der Waals surface area (Å²) in [6, 6.07) is 9.59. The lowest BCUT2D eigenvalue weighted by atomic mass is 9.54. The first-order valence-electron chi connectivity index (χ1n) is 10.2. The molecule has 27 heavy (non-hydrogen) atoms. The minimum absolute atomic E-state index is 0.113. The summed E-state index contributed by atoms with van der Waals surface area (Å²) in [6.07, 6.45) is 6.62. The van der Waals surface area contributed by atoms with E-state index in [4.69, 9.17) is 4.74 Å². The van der Waals surface area contributed by atoms with Gasteiger partial charge in [0.1, 0.15) is 0 Å². The van der Waals surface area contributed by atoms with Gasteiger partial charge >= 0.3 is 0 Å². The third-order valence-corrected chi connectivity index (χ3v) is 8.16. The number of para-hydroxylation sites is 1. The molecule has 4 nitrogen and oxygen atoms in total. The Morgan fingerprint density at radius 1 is 1.26 bits per heavy atom. The Morgan fingerprint density at radius 2 is 2.11 bits per heavy atom. The Balaban J connectivity index is 0.000000710. The predicted octanol–water partition coefficient (Wildman–Crippen LogP) is 3.49. The maximum absolute atomic E-state index is 13.2. The smallest absolute Gasteiger partial charge is 0.229 e. The molecule has 5 heteroatoms. The van der Waals surface area contributed by atoms with Crippen LogP contribution in [-0.4, -0.2) is 47.1 Å². The summed E-state index contributed by atoms with van der Waals surface area (Å²) in [7, 11) is 0. The first-order chi connectivity index (χ1) is 13.3. The van der Waals surface area contributed by atoms with Crippen molar-refractivity contribution < 1.29 is 9.53 Å². The summed E-state index contributed by atoms with van der Waals surface area (Å²) in [5, 5.41) is 0. The molecule has 1 aliphatic carbocycles. The number of ether oxygens (including phenoxy) is 1. The second kappa shape index (κ2) is 5.72. The largest absolute Gasteiger partial charge is 0.377 e. The number of rotatable bonds is 0. The van der Waals surface area contributed by atoms with Crippen molar-refractivity contribution >= 4 is 34.2 Å². The van der Waals surface area contributed by atoms with E-state index in [1.807, 2.05) is 4.93 Å². The fourth-order valence-electron chi connectivity index (χ4n) is 7.46. The van der Waals surface area contributed by atoms with E-state index in [-0.39, 0.29) is 17.4 Å².